The van der Waals surface area contributed by atoms with Gasteiger partial charge in [-0.3, -0.25) is 4.90 Å². The summed E-state index contributed by atoms with van der Waals surface area (Å²) in [5.74, 6) is -0.262. The molecule has 0 N–H and O–H groups in total. The Labute approximate surface area is 105 Å². The Morgan fingerprint density at radius 3 is 2.53 bits per heavy atom. The number of piperidine rings is 1. The smallest absolute Gasteiger partial charge is 0.181 e. The molecule has 2 rings (SSSR count). The van der Waals surface area contributed by atoms with Gasteiger partial charge in [0.15, 0.2) is 5.79 Å². The molecule has 1 spiro atoms. The average Bonchev–Trinajstić information content (AvgIpc) is 2.79. The molecule has 0 amide bonds. The zero-order valence-electron chi connectivity index (χ0n) is 11.3. The average molecular weight is 242 g/mol. The molecule has 0 radical (unpaired) electrons. The molecule has 2 heterocycles. The Balaban J connectivity index is 1.77. The highest BCUT2D eigenvalue weighted by molar-refractivity contribution is 4.84. The number of rotatable bonds is 5. The zero-order valence-corrected chi connectivity index (χ0v) is 11.3. The van der Waals surface area contributed by atoms with E-state index in [2.05, 4.69) is 23.6 Å². The van der Waals surface area contributed by atoms with Crippen LogP contribution in [0.4, 0.5) is 0 Å². The first-order valence-electron chi connectivity index (χ1n) is 7.00. The molecule has 2 fully saturated rings. The van der Waals surface area contributed by atoms with Crippen LogP contribution in [0.25, 0.3) is 0 Å². The molecule has 4 heteroatoms. The van der Waals surface area contributed by atoms with Crippen LogP contribution in [0.2, 0.25) is 0 Å². The topological polar surface area (TPSA) is 24.9 Å². The molecule has 0 aromatic carbocycles. The molecule has 0 aromatic heterocycles. The van der Waals surface area contributed by atoms with Crippen molar-refractivity contribution in [3.8, 4) is 0 Å². The van der Waals surface area contributed by atoms with E-state index in [1.54, 1.807) is 0 Å². The van der Waals surface area contributed by atoms with Gasteiger partial charge in [-0.15, -0.1) is 0 Å². The van der Waals surface area contributed by atoms with Crippen molar-refractivity contribution in [3.05, 3.63) is 0 Å². The van der Waals surface area contributed by atoms with E-state index in [9.17, 15) is 0 Å². The van der Waals surface area contributed by atoms with Gasteiger partial charge in [-0.25, -0.2) is 0 Å². The predicted molar refractivity (Wildman–Crippen MR) is 68.1 cm³/mol. The maximum Gasteiger partial charge on any atom is 0.181 e. The first kappa shape index (κ1) is 13.3. The van der Waals surface area contributed by atoms with Crippen LogP contribution in [-0.4, -0.2) is 68.1 Å². The van der Waals surface area contributed by atoms with Gasteiger partial charge in [0.2, 0.25) is 0 Å². The van der Waals surface area contributed by atoms with Crippen LogP contribution in [0.3, 0.4) is 0 Å². The predicted octanol–water partition coefficient (Wildman–Crippen LogP) is 1.17. The molecule has 0 aliphatic carbocycles. The Kier molecular flexibility index (Phi) is 4.79. The molecule has 17 heavy (non-hydrogen) atoms. The summed E-state index contributed by atoms with van der Waals surface area (Å²) in [7, 11) is 0. The second-order valence-corrected chi connectivity index (χ2v) is 5.01. The molecule has 0 aromatic rings. The number of hydrogen-bond acceptors (Lipinski definition) is 4. The van der Waals surface area contributed by atoms with Gasteiger partial charge in [0.1, 0.15) is 0 Å². The molecule has 0 saturated carbocycles. The second-order valence-electron chi connectivity index (χ2n) is 5.01. The van der Waals surface area contributed by atoms with E-state index in [0.29, 0.717) is 0 Å². The van der Waals surface area contributed by atoms with Gasteiger partial charge in [-0.2, -0.15) is 0 Å². The maximum atomic E-state index is 5.79. The largest absolute Gasteiger partial charge is 0.346 e. The third kappa shape index (κ3) is 3.41. The monoisotopic (exact) mass is 242 g/mol. The molecule has 2 aliphatic heterocycles. The first-order valence-corrected chi connectivity index (χ1v) is 7.00. The van der Waals surface area contributed by atoms with E-state index in [-0.39, 0.29) is 5.79 Å². The van der Waals surface area contributed by atoms with Crippen molar-refractivity contribution in [3.63, 3.8) is 0 Å². The fraction of sp³-hybridized carbons (Fsp3) is 1.00. The molecule has 0 bridgehead atoms. The highest BCUT2D eigenvalue weighted by Gasteiger charge is 2.40. The van der Waals surface area contributed by atoms with Crippen molar-refractivity contribution >= 4 is 0 Å². The van der Waals surface area contributed by atoms with Crippen LogP contribution in [0.1, 0.15) is 26.7 Å². The number of nitrogens with zero attached hydrogens (tertiary/aromatic N) is 2. The van der Waals surface area contributed by atoms with E-state index >= 15 is 0 Å². The van der Waals surface area contributed by atoms with Gasteiger partial charge in [-0.1, -0.05) is 13.8 Å². The fourth-order valence-electron chi connectivity index (χ4n) is 2.82. The summed E-state index contributed by atoms with van der Waals surface area (Å²) < 4.78 is 11.6. The van der Waals surface area contributed by atoms with Crippen molar-refractivity contribution in [2.75, 3.05) is 52.5 Å². The van der Waals surface area contributed by atoms with Gasteiger partial charge in [0.25, 0.3) is 0 Å². The molecule has 100 valence electrons. The van der Waals surface area contributed by atoms with Crippen LogP contribution < -0.4 is 0 Å². The van der Waals surface area contributed by atoms with Crippen LogP contribution in [-0.2, 0) is 9.47 Å². The summed E-state index contributed by atoms with van der Waals surface area (Å²) in [6.07, 6.45) is 2.26. The summed E-state index contributed by atoms with van der Waals surface area (Å²) in [5.41, 5.74) is 0. The molecule has 2 aliphatic rings. The summed E-state index contributed by atoms with van der Waals surface area (Å²) in [6, 6.07) is 0. The van der Waals surface area contributed by atoms with E-state index < -0.39 is 0 Å². The van der Waals surface area contributed by atoms with Gasteiger partial charge in [0, 0.05) is 19.5 Å². The van der Waals surface area contributed by atoms with Gasteiger partial charge < -0.3 is 14.4 Å². The van der Waals surface area contributed by atoms with E-state index in [0.717, 1.165) is 52.4 Å². The van der Waals surface area contributed by atoms with Crippen molar-refractivity contribution in [1.29, 1.82) is 0 Å². The lowest BCUT2D eigenvalue weighted by Gasteiger charge is -2.39. The SMILES string of the molecule is CCN(CC)CCN1CCCC2(C1)OCCO2. The van der Waals surface area contributed by atoms with E-state index in [4.69, 9.17) is 9.47 Å². The summed E-state index contributed by atoms with van der Waals surface area (Å²) in [6.45, 7) is 12.7. The lowest BCUT2D eigenvalue weighted by atomic mass is 10.0. The lowest BCUT2D eigenvalue weighted by molar-refractivity contribution is -0.189. The third-order valence-corrected chi connectivity index (χ3v) is 3.94. The number of likely N-dealkylation sites (tertiary alicyclic amines) is 1. The third-order valence-electron chi connectivity index (χ3n) is 3.94. The second kappa shape index (κ2) is 6.14. The van der Waals surface area contributed by atoms with E-state index in [1.165, 1.54) is 13.0 Å². The highest BCUT2D eigenvalue weighted by Crippen LogP contribution is 2.29. The Morgan fingerprint density at radius 2 is 1.88 bits per heavy atom. The van der Waals surface area contributed by atoms with Gasteiger partial charge in [0.05, 0.1) is 19.8 Å². The summed E-state index contributed by atoms with van der Waals surface area (Å²) in [4.78, 5) is 4.96. The maximum absolute atomic E-state index is 5.79. The molecule has 4 nitrogen and oxygen atoms in total. The molecule has 2 saturated heterocycles. The van der Waals surface area contributed by atoms with Crippen molar-refractivity contribution in [1.82, 2.24) is 9.80 Å². The first-order chi connectivity index (χ1) is 8.28. The Morgan fingerprint density at radius 1 is 1.18 bits per heavy atom. The fourth-order valence-corrected chi connectivity index (χ4v) is 2.82. The summed E-state index contributed by atoms with van der Waals surface area (Å²) >= 11 is 0. The number of hydrogen-bond donors (Lipinski definition) is 0. The molecule has 0 unspecified atom stereocenters. The summed E-state index contributed by atoms with van der Waals surface area (Å²) in [5, 5.41) is 0. The molecular weight excluding hydrogens is 216 g/mol. The van der Waals surface area contributed by atoms with Crippen LogP contribution >= 0.6 is 0 Å². The molecule has 0 atom stereocenters. The minimum absolute atomic E-state index is 0.262. The standard InChI is InChI=1S/C13H26N2O2/c1-3-14(4-2)8-9-15-7-5-6-13(12-15)16-10-11-17-13/h3-12H2,1-2H3. The zero-order chi connectivity index (χ0) is 12.1. The van der Waals surface area contributed by atoms with Gasteiger partial charge in [-0.05, 0) is 26.1 Å². The van der Waals surface area contributed by atoms with Crippen molar-refractivity contribution in [2.24, 2.45) is 0 Å². The molecular formula is C13H26N2O2. The Bertz CT molecular complexity index is 225. The van der Waals surface area contributed by atoms with Crippen LogP contribution in [0.15, 0.2) is 0 Å². The van der Waals surface area contributed by atoms with E-state index in [1.807, 2.05) is 0 Å². The van der Waals surface area contributed by atoms with Crippen LogP contribution in [0.5, 0.6) is 0 Å². The van der Waals surface area contributed by atoms with Crippen molar-refractivity contribution in [2.45, 2.75) is 32.5 Å². The Hall–Kier alpha value is -0.160. The number of ether oxygens (including phenoxy) is 2. The lowest BCUT2D eigenvalue weighted by Crippen LogP contribution is -2.50. The quantitative estimate of drug-likeness (QED) is 0.722. The number of likely N-dealkylation sites (N-methyl/N-ethyl adjacent to an activating group) is 1. The van der Waals surface area contributed by atoms with Crippen molar-refractivity contribution < 1.29 is 9.47 Å². The minimum Gasteiger partial charge on any atom is -0.346 e. The minimum atomic E-state index is -0.262. The normalized spacial score (nSPS) is 24.9. The highest BCUT2D eigenvalue weighted by atomic mass is 16.7. The van der Waals surface area contributed by atoms with Gasteiger partial charge >= 0.3 is 0 Å². The van der Waals surface area contributed by atoms with Crippen LogP contribution in [0, 0.1) is 0 Å².